The second-order valence-corrected chi connectivity index (χ2v) is 7.39. The minimum Gasteiger partial charge on any atom is -0.357 e. The van der Waals surface area contributed by atoms with Crippen molar-refractivity contribution in [2.24, 2.45) is 4.99 Å². The number of aryl methyl sites for hydroxylation is 3. The van der Waals surface area contributed by atoms with Crippen LogP contribution in [0.1, 0.15) is 35.1 Å². The lowest BCUT2D eigenvalue weighted by molar-refractivity contribution is 0.0954. The van der Waals surface area contributed by atoms with Crippen molar-refractivity contribution in [1.29, 1.82) is 0 Å². The molecule has 29 heavy (non-hydrogen) atoms. The molecule has 0 atom stereocenters. The van der Waals surface area contributed by atoms with E-state index in [2.05, 4.69) is 39.0 Å². The molecule has 7 nitrogen and oxygen atoms in total. The summed E-state index contributed by atoms with van der Waals surface area (Å²) in [6, 6.07) is 6.88. The molecule has 9 heteroatoms. The number of hydrogen-bond donors (Lipinski definition) is 3. The molecule has 0 bridgehead atoms. The number of guanidine groups is 1. The first-order valence-corrected chi connectivity index (χ1v) is 10.4. The van der Waals surface area contributed by atoms with Gasteiger partial charge < -0.3 is 16.0 Å². The van der Waals surface area contributed by atoms with Crippen molar-refractivity contribution in [3.8, 4) is 0 Å². The minimum atomic E-state index is -0.197. The Hall–Kier alpha value is -2.25. The average Bonchev–Trinajstić information content (AvgIpc) is 3.01. The van der Waals surface area contributed by atoms with Crippen molar-refractivity contribution in [1.82, 2.24) is 25.7 Å². The number of halogens is 2. The first-order valence-electron chi connectivity index (χ1n) is 9.67. The summed E-state index contributed by atoms with van der Waals surface area (Å²) in [4.78, 5) is 16.7. The van der Waals surface area contributed by atoms with E-state index in [0.717, 1.165) is 36.9 Å². The number of hydrogen-bond acceptors (Lipinski definition) is 3. The zero-order valence-electron chi connectivity index (χ0n) is 17.1. The zero-order valence-corrected chi connectivity index (χ0v) is 18.6. The van der Waals surface area contributed by atoms with Gasteiger partial charge in [-0.15, -0.1) is 0 Å². The second-order valence-electron chi connectivity index (χ2n) is 6.58. The van der Waals surface area contributed by atoms with E-state index >= 15 is 0 Å². The monoisotopic (exact) mass is 438 g/mol. The molecule has 1 aromatic carbocycles. The average molecular weight is 439 g/mol. The molecule has 0 aliphatic carbocycles. The standard InChI is InChI=1S/C20H28Cl2N6O/c1-4-23-20(25-8-5-11-28-15(3)12-14(2)27-28)26-10-9-24-19(29)16-6-7-17(21)18(22)13-16/h6-7,12-13H,4-5,8-11H2,1-3H3,(H,24,29)(H2,23,25,26). The van der Waals surface area contributed by atoms with Gasteiger partial charge in [-0.2, -0.15) is 5.10 Å². The van der Waals surface area contributed by atoms with Crippen LogP contribution >= 0.6 is 23.2 Å². The highest BCUT2D eigenvalue weighted by Crippen LogP contribution is 2.22. The van der Waals surface area contributed by atoms with Crippen LogP contribution in [-0.2, 0) is 6.54 Å². The van der Waals surface area contributed by atoms with Gasteiger partial charge in [0.15, 0.2) is 5.96 Å². The van der Waals surface area contributed by atoms with Crippen LogP contribution in [0, 0.1) is 13.8 Å². The Balaban J connectivity index is 1.73. The van der Waals surface area contributed by atoms with E-state index in [4.69, 9.17) is 23.2 Å². The Morgan fingerprint density at radius 2 is 1.86 bits per heavy atom. The fourth-order valence-corrected chi connectivity index (χ4v) is 3.05. The largest absolute Gasteiger partial charge is 0.357 e. The summed E-state index contributed by atoms with van der Waals surface area (Å²) in [5.74, 6) is 0.529. The summed E-state index contributed by atoms with van der Waals surface area (Å²) in [6.45, 7) is 9.35. The van der Waals surface area contributed by atoms with Crippen molar-refractivity contribution >= 4 is 35.1 Å². The molecule has 2 rings (SSSR count). The summed E-state index contributed by atoms with van der Waals surface area (Å²) >= 11 is 11.8. The van der Waals surface area contributed by atoms with Crippen LogP contribution in [0.2, 0.25) is 10.0 Å². The molecule has 1 amide bonds. The Morgan fingerprint density at radius 3 is 2.52 bits per heavy atom. The number of amides is 1. The van der Waals surface area contributed by atoms with Gasteiger partial charge in [-0.05, 0) is 51.5 Å². The molecule has 0 saturated heterocycles. The van der Waals surface area contributed by atoms with Crippen molar-refractivity contribution in [3.05, 3.63) is 51.3 Å². The normalized spacial score (nSPS) is 11.4. The molecule has 0 spiro atoms. The summed E-state index contributed by atoms with van der Waals surface area (Å²) in [7, 11) is 0. The fraction of sp³-hybridized carbons (Fsp3) is 0.450. The van der Waals surface area contributed by atoms with Crippen molar-refractivity contribution in [2.45, 2.75) is 33.7 Å². The third-order valence-corrected chi connectivity index (χ3v) is 4.87. The van der Waals surface area contributed by atoms with Crippen molar-refractivity contribution < 1.29 is 4.79 Å². The van der Waals surface area contributed by atoms with Crippen LogP contribution in [-0.4, -0.2) is 47.8 Å². The van der Waals surface area contributed by atoms with E-state index in [1.54, 1.807) is 18.2 Å². The van der Waals surface area contributed by atoms with Gasteiger partial charge >= 0.3 is 0 Å². The van der Waals surface area contributed by atoms with Gasteiger partial charge in [0, 0.05) is 44.0 Å². The molecule has 3 N–H and O–H groups in total. The molecular formula is C20H28Cl2N6O. The molecule has 2 aromatic rings. The van der Waals surface area contributed by atoms with Gasteiger partial charge in [-0.25, -0.2) is 0 Å². The molecule has 1 aromatic heterocycles. The van der Waals surface area contributed by atoms with Crippen molar-refractivity contribution in [2.75, 3.05) is 26.2 Å². The first-order chi connectivity index (χ1) is 13.9. The van der Waals surface area contributed by atoms with Crippen LogP contribution in [0.25, 0.3) is 0 Å². The number of benzene rings is 1. The Labute approximate surface area is 181 Å². The van der Waals surface area contributed by atoms with Crippen molar-refractivity contribution in [3.63, 3.8) is 0 Å². The second kappa shape index (κ2) is 11.7. The summed E-state index contributed by atoms with van der Waals surface area (Å²) in [6.07, 6.45) is 0.895. The molecule has 0 fully saturated rings. The Kier molecular flexibility index (Phi) is 9.28. The first kappa shape index (κ1) is 23.0. The summed E-state index contributed by atoms with van der Waals surface area (Å²) in [5.41, 5.74) is 2.67. The molecular weight excluding hydrogens is 411 g/mol. The Morgan fingerprint density at radius 1 is 1.10 bits per heavy atom. The van der Waals surface area contributed by atoms with Crippen LogP contribution in [0.15, 0.2) is 29.3 Å². The van der Waals surface area contributed by atoms with E-state index in [0.29, 0.717) is 35.2 Å². The maximum absolute atomic E-state index is 12.2. The molecule has 0 aliphatic heterocycles. The smallest absolute Gasteiger partial charge is 0.251 e. The quantitative estimate of drug-likeness (QED) is 0.318. The lowest BCUT2D eigenvalue weighted by atomic mass is 10.2. The van der Waals surface area contributed by atoms with Gasteiger partial charge in [0.2, 0.25) is 0 Å². The van der Waals surface area contributed by atoms with Crippen LogP contribution < -0.4 is 16.0 Å². The summed E-state index contributed by atoms with van der Waals surface area (Å²) in [5, 5.41) is 14.5. The number of aliphatic imine (C=N–C) groups is 1. The number of nitrogens with one attached hydrogen (secondary N) is 3. The van der Waals surface area contributed by atoms with E-state index in [1.165, 1.54) is 0 Å². The maximum atomic E-state index is 12.2. The number of rotatable bonds is 9. The van der Waals surface area contributed by atoms with E-state index in [9.17, 15) is 4.79 Å². The predicted molar refractivity (Wildman–Crippen MR) is 119 cm³/mol. The SMILES string of the molecule is CCNC(=NCCCn1nc(C)cc1C)NCCNC(=O)c1ccc(Cl)c(Cl)c1. The zero-order chi connectivity index (χ0) is 21.2. The molecule has 0 unspecified atom stereocenters. The molecule has 158 valence electrons. The predicted octanol–water partition coefficient (Wildman–Crippen LogP) is 3.18. The highest BCUT2D eigenvalue weighted by Gasteiger charge is 2.07. The minimum absolute atomic E-state index is 0.197. The van der Waals surface area contributed by atoms with Gasteiger partial charge in [-0.1, -0.05) is 23.2 Å². The van der Waals surface area contributed by atoms with E-state index in [-0.39, 0.29) is 5.91 Å². The number of carbonyl (C=O) groups is 1. The fourth-order valence-electron chi connectivity index (χ4n) is 2.75. The van der Waals surface area contributed by atoms with Crippen LogP contribution in [0.4, 0.5) is 0 Å². The number of aromatic nitrogens is 2. The molecule has 1 heterocycles. The lowest BCUT2D eigenvalue weighted by Crippen LogP contribution is -2.41. The van der Waals surface area contributed by atoms with Gasteiger partial charge in [0.1, 0.15) is 0 Å². The highest BCUT2D eigenvalue weighted by atomic mass is 35.5. The number of nitrogens with zero attached hydrogens (tertiary/aromatic N) is 3. The third-order valence-electron chi connectivity index (χ3n) is 4.13. The third kappa shape index (κ3) is 7.59. The molecule has 0 saturated carbocycles. The maximum Gasteiger partial charge on any atom is 0.251 e. The topological polar surface area (TPSA) is 83.3 Å². The number of carbonyl (C=O) groups excluding carboxylic acids is 1. The van der Waals surface area contributed by atoms with Crippen LogP contribution in [0.5, 0.6) is 0 Å². The van der Waals surface area contributed by atoms with E-state index < -0.39 is 0 Å². The molecule has 0 aliphatic rings. The molecule has 0 radical (unpaired) electrons. The van der Waals surface area contributed by atoms with E-state index in [1.807, 2.05) is 18.5 Å². The van der Waals surface area contributed by atoms with Gasteiger partial charge in [0.25, 0.3) is 5.91 Å². The summed E-state index contributed by atoms with van der Waals surface area (Å²) < 4.78 is 2.00. The Bertz CT molecular complexity index is 849. The lowest BCUT2D eigenvalue weighted by Gasteiger charge is -2.12. The van der Waals surface area contributed by atoms with Gasteiger partial charge in [0.05, 0.1) is 15.7 Å². The van der Waals surface area contributed by atoms with Gasteiger partial charge in [-0.3, -0.25) is 14.5 Å². The highest BCUT2D eigenvalue weighted by molar-refractivity contribution is 6.42. The van der Waals surface area contributed by atoms with Crippen LogP contribution in [0.3, 0.4) is 0 Å².